The average Bonchev–Trinajstić information content (AvgIpc) is 4.04. The summed E-state index contributed by atoms with van der Waals surface area (Å²) in [6.07, 6.45) is 0.656. The van der Waals surface area contributed by atoms with Gasteiger partial charge in [0, 0.05) is 26.2 Å². The van der Waals surface area contributed by atoms with E-state index in [1.807, 2.05) is 21.9 Å². The van der Waals surface area contributed by atoms with Crippen LogP contribution in [0, 0.1) is 0 Å². The number of nitrogens with one attached hydrogen (secondary N) is 2. The molecule has 4 atom stereocenters. The number of ether oxygens (including phenoxy) is 2. The van der Waals surface area contributed by atoms with Crippen molar-refractivity contribution in [3.63, 3.8) is 0 Å². The fourth-order valence-corrected chi connectivity index (χ4v) is 8.95. The Morgan fingerprint density at radius 2 is 1.00 bits per heavy atom. The van der Waals surface area contributed by atoms with Crippen molar-refractivity contribution < 1.29 is 138 Å². The van der Waals surface area contributed by atoms with Crippen LogP contribution < -0.4 is 79.5 Å². The number of hydrogen-bond donors (Lipinski definition) is 10. The van der Waals surface area contributed by atoms with Crippen LogP contribution in [0.4, 0.5) is 0 Å². The summed E-state index contributed by atoms with van der Waals surface area (Å²) in [6, 6.07) is 6.94. The molecule has 0 unspecified atom stereocenters. The summed E-state index contributed by atoms with van der Waals surface area (Å²) in [7, 11) is 0. The molecule has 2 saturated heterocycles. The maximum absolute atomic E-state index is 11.9. The Hall–Kier alpha value is -2.35. The van der Waals surface area contributed by atoms with Crippen molar-refractivity contribution in [2.24, 2.45) is 0 Å². The van der Waals surface area contributed by atoms with E-state index in [-0.39, 0.29) is 181 Å². The van der Waals surface area contributed by atoms with Crippen LogP contribution in [-0.2, 0) is 31.9 Å². The first-order valence-electron chi connectivity index (χ1n) is 19.4. The van der Waals surface area contributed by atoms with Crippen molar-refractivity contribution in [1.82, 2.24) is 20.8 Å². The minimum Gasteiger partial charge on any atom is -0.583 e. The molecule has 20 nitrogen and oxygen atoms in total. The van der Waals surface area contributed by atoms with Gasteiger partial charge < -0.3 is 50.0 Å². The maximum Gasteiger partial charge on any atom is 1.00 e. The Labute approximate surface area is 388 Å². The molecule has 4 fully saturated rings. The summed E-state index contributed by atoms with van der Waals surface area (Å²) >= 11 is 0. The van der Waals surface area contributed by atoms with E-state index in [0.717, 1.165) is 11.1 Å². The molecule has 0 aromatic heterocycles. The van der Waals surface area contributed by atoms with Gasteiger partial charge in [-0.3, -0.25) is 29.1 Å². The van der Waals surface area contributed by atoms with Crippen LogP contribution in [0.15, 0.2) is 24.3 Å². The van der Waals surface area contributed by atoms with Gasteiger partial charge in [0.25, 0.3) is 11.8 Å². The van der Waals surface area contributed by atoms with E-state index in [1.165, 1.54) is 0 Å². The molecule has 4 heterocycles. The zero-order chi connectivity index (χ0) is 41.5. The number of amides is 2. The van der Waals surface area contributed by atoms with Gasteiger partial charge in [-0.15, -0.1) is 11.6 Å². The van der Waals surface area contributed by atoms with E-state index >= 15 is 0 Å². The van der Waals surface area contributed by atoms with E-state index in [2.05, 4.69) is 11.0 Å². The molecule has 24 heteroatoms. The minimum atomic E-state index is -2.59. The number of carbonyl (C=O) groups excluding carboxylic acids is 2. The van der Waals surface area contributed by atoms with Crippen molar-refractivity contribution in [3.8, 4) is 11.5 Å². The van der Waals surface area contributed by atoms with Crippen LogP contribution >= 0.6 is 0 Å². The summed E-state index contributed by atoms with van der Waals surface area (Å²) in [6.45, 7) is -3.55. The maximum atomic E-state index is 11.9. The number of likely N-dealkylation sites (tertiary alicyclic amines) is 2. The number of rotatable bonds is 16. The van der Waals surface area contributed by atoms with Crippen molar-refractivity contribution in [3.05, 3.63) is 57.6 Å². The topological polar surface area (TPSA) is 298 Å². The number of fused-ring (bicyclic) bond motifs is 6. The van der Waals surface area contributed by atoms with Gasteiger partial charge in [0.15, 0.2) is 0 Å². The largest absolute Gasteiger partial charge is 1.00 e. The number of nitrogens with zero attached hydrogens (tertiary/aromatic N) is 2. The van der Waals surface area contributed by atoms with E-state index < -0.39 is 25.0 Å². The summed E-state index contributed by atoms with van der Waals surface area (Å²) in [5, 5.41) is 77.8. The minimum absolute atomic E-state index is 0. The van der Waals surface area contributed by atoms with E-state index in [1.54, 1.807) is 12.1 Å². The number of hydroxylamine groups is 2. The van der Waals surface area contributed by atoms with Gasteiger partial charge in [0.2, 0.25) is 13.1 Å². The third-order valence-corrected chi connectivity index (χ3v) is 11.8. The third-order valence-electron chi connectivity index (χ3n) is 11.8. The van der Waals surface area contributed by atoms with E-state index in [4.69, 9.17) is 29.4 Å². The van der Waals surface area contributed by atoms with Crippen molar-refractivity contribution in [2.75, 3.05) is 65.7 Å². The van der Waals surface area contributed by atoms with Crippen LogP contribution in [-0.4, -0.2) is 165 Å². The zero-order valence-corrected chi connectivity index (χ0v) is 37.6. The van der Waals surface area contributed by atoms with E-state index in [0.29, 0.717) is 50.1 Å². The molecule has 2 aliphatic carbocycles. The predicted octanol–water partition coefficient (Wildman–Crippen LogP) is -8.26. The predicted molar refractivity (Wildman–Crippen MR) is 201 cm³/mol. The van der Waals surface area contributed by atoms with Gasteiger partial charge in [-0.2, -0.15) is 0 Å². The SMILES string of the molecule is O=C(CN1CC(Oc2ccc3c(c2C(=O)O)C[B-](O)(O)[C@H]2C[C@@H]32)C1)NOCCO.O=C(CN1CC(Oc2ccc3c(c2C(=O)O)C[B-](O)(O)[C@H]2C[C@@H]32)C1)NOCCO.[Na+].[Na+]. The molecule has 2 aromatic carbocycles. The average molecular weight is 860 g/mol. The second-order valence-corrected chi connectivity index (χ2v) is 16.1. The third kappa shape index (κ3) is 10.9. The number of aliphatic hydroxyl groups is 2. The molecular weight excluding hydrogens is 812 g/mol. The molecule has 2 saturated carbocycles. The van der Waals surface area contributed by atoms with Gasteiger partial charge in [-0.25, -0.2) is 20.5 Å². The van der Waals surface area contributed by atoms with Gasteiger partial charge in [0.1, 0.15) is 34.8 Å². The Kier molecular flexibility index (Phi) is 16.2. The molecule has 316 valence electrons. The number of benzene rings is 2. The Bertz CT molecular complexity index is 1800. The quantitative estimate of drug-likeness (QED) is 0.0426. The number of hydrogen-bond acceptors (Lipinski definition) is 16. The smallest absolute Gasteiger partial charge is 0.583 e. The first-order chi connectivity index (χ1) is 27.6. The fourth-order valence-electron chi connectivity index (χ4n) is 8.95. The molecule has 0 spiro atoms. The number of carbonyl (C=O) groups is 4. The second kappa shape index (κ2) is 20.0. The van der Waals surface area contributed by atoms with Crippen LogP contribution in [0.2, 0.25) is 11.6 Å². The number of carboxylic acid groups (broad SMARTS) is 2. The Balaban J connectivity index is 0.000000220. The number of aliphatic hydroxyl groups excluding tert-OH is 2. The molecule has 2 amide bonds. The van der Waals surface area contributed by atoms with Crippen LogP contribution in [0.25, 0.3) is 0 Å². The second-order valence-electron chi connectivity index (χ2n) is 16.1. The van der Waals surface area contributed by atoms with Gasteiger partial charge >= 0.3 is 71.1 Å². The number of aromatic carboxylic acids is 2. The molecule has 60 heavy (non-hydrogen) atoms. The Morgan fingerprint density at radius 1 is 0.633 bits per heavy atom. The zero-order valence-electron chi connectivity index (χ0n) is 33.6. The molecule has 4 aliphatic heterocycles. The fraction of sp³-hybridized carbons (Fsp3) is 0.556. The summed E-state index contributed by atoms with van der Waals surface area (Å²) < 4.78 is 11.7. The van der Waals surface area contributed by atoms with Gasteiger partial charge in [0.05, 0.1) is 39.5 Å². The molecule has 0 radical (unpaired) electrons. The number of carboxylic acids is 2. The van der Waals surface area contributed by atoms with Crippen LogP contribution in [0.1, 0.15) is 67.6 Å². The Morgan fingerprint density at radius 3 is 1.33 bits per heavy atom. The first kappa shape index (κ1) is 48.7. The molecule has 0 bridgehead atoms. The van der Waals surface area contributed by atoms with Crippen molar-refractivity contribution >= 4 is 36.9 Å². The standard InChI is InChI=1S/2C18H24BN2O8.2Na/c2*22-3-4-28-20-16(23)9-21-7-10(8-21)29-15-2-1-11-12-5-14(12)19(26,27)6-13(11)17(15)18(24)25;;/h2*1-2,10,12,14,22,26-27H,3-9H2,(H,20,23)(H,24,25);;/q2*-1;2*+1/t2*12-,14-;;/m00../s1. The van der Waals surface area contributed by atoms with Gasteiger partial charge in [-0.1, -0.05) is 48.7 Å². The molecular formula is C36H48B2N4Na2O16. The normalized spacial score (nSPS) is 24.0. The van der Waals surface area contributed by atoms with Crippen molar-refractivity contribution in [2.45, 2.75) is 61.2 Å². The molecule has 6 aliphatic rings. The molecule has 8 rings (SSSR count). The summed E-state index contributed by atoms with van der Waals surface area (Å²) in [4.78, 5) is 60.3. The van der Waals surface area contributed by atoms with E-state index in [9.17, 15) is 49.5 Å². The monoisotopic (exact) mass is 860 g/mol. The summed E-state index contributed by atoms with van der Waals surface area (Å²) in [5.41, 5.74) is 7.07. The van der Waals surface area contributed by atoms with Crippen LogP contribution in [0.5, 0.6) is 11.5 Å². The molecule has 10 N–H and O–H groups in total. The van der Waals surface area contributed by atoms with Gasteiger partial charge in [-0.05, 0) is 35.1 Å². The molecule has 2 aromatic rings. The first-order valence-corrected chi connectivity index (χ1v) is 19.4. The van der Waals surface area contributed by atoms with Crippen LogP contribution in [0.3, 0.4) is 0 Å². The van der Waals surface area contributed by atoms with Crippen molar-refractivity contribution in [1.29, 1.82) is 0 Å². The summed E-state index contributed by atoms with van der Waals surface area (Å²) in [5.74, 6) is -2.92.